The molecule has 4 heterocycles. The van der Waals surface area contributed by atoms with Crippen LogP contribution in [0.3, 0.4) is 0 Å². The summed E-state index contributed by atoms with van der Waals surface area (Å²) in [7, 11) is 0. The van der Waals surface area contributed by atoms with Crippen LogP contribution in [0, 0.1) is 0 Å². The Morgan fingerprint density at radius 2 is 1.07 bits per heavy atom. The third-order valence-corrected chi connectivity index (χ3v) is 12.3. The van der Waals surface area contributed by atoms with Gasteiger partial charge in [-0.1, -0.05) is 115 Å². The third kappa shape index (κ3) is 5.13. The Hall–Kier alpha value is -7.34. The van der Waals surface area contributed by atoms with Crippen molar-refractivity contribution >= 4 is 75.3 Å². The number of benzene rings is 8. The molecule has 5 heteroatoms. The molecule has 0 radical (unpaired) electrons. The SMILES string of the molecule is c1ccc(-c2cccc(-c3cc(-c4cccc(-n5c6ccccc6c6c7c(ccc65)sc5ccccc57)c4)nc(-c4ccc5oc6ccccc6c5c4)n3)c2)cc1. The van der Waals surface area contributed by atoms with E-state index in [-0.39, 0.29) is 0 Å². The molecule has 0 N–H and O–H groups in total. The number of fused-ring (bicyclic) bond motifs is 10. The molecular weight excluding hydrogens is 715 g/mol. The van der Waals surface area contributed by atoms with E-state index in [9.17, 15) is 0 Å². The van der Waals surface area contributed by atoms with E-state index in [0.717, 1.165) is 66.8 Å². The molecule has 0 bridgehead atoms. The standard InChI is InChI=1S/C52H31N3OS/c1-2-12-32(13-3-1)33-14-10-15-34(28-33)42-31-43(54-52(53-42)36-24-26-47-41(30-36)38-18-5-8-22-46(38)56-47)35-16-11-17-37(29-35)55-44-21-7-4-19-39(44)50-45(55)25-27-49-51(50)40-20-6-9-23-48(40)57-49/h1-31H. The summed E-state index contributed by atoms with van der Waals surface area (Å²) in [5.41, 5.74) is 12.2. The van der Waals surface area contributed by atoms with Gasteiger partial charge in [-0.3, -0.25) is 0 Å². The van der Waals surface area contributed by atoms with E-state index in [1.54, 1.807) is 0 Å². The van der Waals surface area contributed by atoms with E-state index >= 15 is 0 Å². The van der Waals surface area contributed by atoms with E-state index < -0.39 is 0 Å². The lowest BCUT2D eigenvalue weighted by molar-refractivity contribution is 0.669. The Kier molecular flexibility index (Phi) is 7.06. The second-order valence-electron chi connectivity index (χ2n) is 14.6. The fourth-order valence-corrected chi connectivity index (χ4v) is 9.70. The monoisotopic (exact) mass is 745 g/mol. The molecule has 0 aliphatic rings. The fourth-order valence-electron chi connectivity index (χ4n) is 8.58. The van der Waals surface area contributed by atoms with Gasteiger partial charge < -0.3 is 8.98 Å². The minimum absolute atomic E-state index is 0.661. The molecule has 4 aromatic heterocycles. The van der Waals surface area contributed by atoms with Crippen molar-refractivity contribution in [2.45, 2.75) is 0 Å². The molecule has 4 nitrogen and oxygen atoms in total. The first kappa shape index (κ1) is 32.0. The molecule has 0 atom stereocenters. The topological polar surface area (TPSA) is 43.9 Å². The molecule has 57 heavy (non-hydrogen) atoms. The largest absolute Gasteiger partial charge is 0.456 e. The first-order chi connectivity index (χ1) is 28.2. The van der Waals surface area contributed by atoms with Gasteiger partial charge in [0.1, 0.15) is 11.2 Å². The Balaban J connectivity index is 1.07. The fraction of sp³-hybridized carbons (Fsp3) is 0. The molecule has 0 fully saturated rings. The quantitative estimate of drug-likeness (QED) is 0.176. The van der Waals surface area contributed by atoms with Crippen LogP contribution < -0.4 is 0 Å². The smallest absolute Gasteiger partial charge is 0.160 e. The van der Waals surface area contributed by atoms with Crippen LogP contribution in [0.4, 0.5) is 0 Å². The Morgan fingerprint density at radius 1 is 0.386 bits per heavy atom. The van der Waals surface area contributed by atoms with Crippen molar-refractivity contribution in [3.8, 4) is 50.7 Å². The third-order valence-electron chi connectivity index (χ3n) is 11.2. The lowest BCUT2D eigenvalue weighted by Gasteiger charge is -2.13. The van der Waals surface area contributed by atoms with Crippen LogP contribution in [0.25, 0.3) is 115 Å². The summed E-state index contributed by atoms with van der Waals surface area (Å²) >= 11 is 1.86. The summed E-state index contributed by atoms with van der Waals surface area (Å²) < 4.78 is 11.2. The number of rotatable bonds is 5. The van der Waals surface area contributed by atoms with E-state index in [4.69, 9.17) is 14.4 Å². The van der Waals surface area contributed by atoms with Gasteiger partial charge in [0.25, 0.3) is 0 Å². The normalized spacial score (nSPS) is 11.9. The van der Waals surface area contributed by atoms with Gasteiger partial charge in [-0.25, -0.2) is 9.97 Å². The Labute approximate surface area is 331 Å². The van der Waals surface area contributed by atoms with Gasteiger partial charge in [-0.15, -0.1) is 11.3 Å². The molecular formula is C52H31N3OS. The zero-order valence-corrected chi connectivity index (χ0v) is 31.4. The van der Waals surface area contributed by atoms with Crippen LogP contribution in [0.1, 0.15) is 0 Å². The summed E-state index contributed by atoms with van der Waals surface area (Å²) in [5, 5.41) is 7.29. The van der Waals surface area contributed by atoms with Gasteiger partial charge in [0, 0.05) is 64.1 Å². The van der Waals surface area contributed by atoms with Crippen molar-refractivity contribution in [2.75, 3.05) is 0 Å². The summed E-state index contributed by atoms with van der Waals surface area (Å²) in [4.78, 5) is 10.6. The van der Waals surface area contributed by atoms with E-state index in [1.165, 1.54) is 42.0 Å². The van der Waals surface area contributed by atoms with Crippen molar-refractivity contribution in [2.24, 2.45) is 0 Å². The lowest BCUT2D eigenvalue weighted by atomic mass is 10.0. The number of hydrogen-bond donors (Lipinski definition) is 0. The van der Waals surface area contributed by atoms with Crippen LogP contribution in [-0.4, -0.2) is 14.5 Å². The van der Waals surface area contributed by atoms with Gasteiger partial charge >= 0.3 is 0 Å². The minimum Gasteiger partial charge on any atom is -0.456 e. The van der Waals surface area contributed by atoms with Crippen molar-refractivity contribution in [1.82, 2.24) is 14.5 Å². The van der Waals surface area contributed by atoms with Crippen LogP contribution in [0.5, 0.6) is 0 Å². The second-order valence-corrected chi connectivity index (χ2v) is 15.6. The maximum Gasteiger partial charge on any atom is 0.160 e. The molecule has 0 aliphatic heterocycles. The van der Waals surface area contributed by atoms with Crippen LogP contribution in [0.15, 0.2) is 192 Å². The van der Waals surface area contributed by atoms with E-state index in [2.05, 4.69) is 168 Å². The number of para-hydroxylation sites is 2. The van der Waals surface area contributed by atoms with Gasteiger partial charge in [0.05, 0.1) is 22.4 Å². The van der Waals surface area contributed by atoms with Crippen molar-refractivity contribution in [3.05, 3.63) is 188 Å². The Bertz CT molecular complexity index is 3540. The molecule has 266 valence electrons. The van der Waals surface area contributed by atoms with Gasteiger partial charge in [0.15, 0.2) is 5.82 Å². The highest BCUT2D eigenvalue weighted by Gasteiger charge is 2.19. The number of hydrogen-bond acceptors (Lipinski definition) is 4. The minimum atomic E-state index is 0.661. The zero-order chi connectivity index (χ0) is 37.5. The first-order valence-corrected chi connectivity index (χ1v) is 20.0. The lowest BCUT2D eigenvalue weighted by Crippen LogP contribution is -1.98. The molecule has 0 saturated carbocycles. The number of thiophene rings is 1. The van der Waals surface area contributed by atoms with Crippen molar-refractivity contribution in [3.63, 3.8) is 0 Å². The second kappa shape index (κ2) is 12.6. The molecule has 0 amide bonds. The maximum atomic E-state index is 6.19. The molecule has 0 spiro atoms. The molecule has 0 aliphatic carbocycles. The predicted molar refractivity (Wildman–Crippen MR) is 238 cm³/mol. The molecule has 0 saturated heterocycles. The molecule has 12 aromatic rings. The van der Waals surface area contributed by atoms with Crippen LogP contribution >= 0.6 is 11.3 Å². The number of aromatic nitrogens is 3. The zero-order valence-electron chi connectivity index (χ0n) is 30.6. The number of nitrogens with zero attached hydrogens (tertiary/aromatic N) is 3. The maximum absolute atomic E-state index is 6.19. The average Bonchev–Trinajstić information content (AvgIpc) is 3.96. The highest BCUT2D eigenvalue weighted by Crippen LogP contribution is 2.44. The summed E-state index contributed by atoms with van der Waals surface area (Å²) in [6.07, 6.45) is 0. The molecule has 12 rings (SSSR count). The highest BCUT2D eigenvalue weighted by molar-refractivity contribution is 7.26. The van der Waals surface area contributed by atoms with Gasteiger partial charge in [-0.2, -0.15) is 0 Å². The summed E-state index contributed by atoms with van der Waals surface area (Å²) in [6, 6.07) is 66.6. The van der Waals surface area contributed by atoms with Crippen LogP contribution in [-0.2, 0) is 0 Å². The first-order valence-electron chi connectivity index (χ1n) is 19.1. The number of furan rings is 1. The van der Waals surface area contributed by atoms with E-state index in [1.807, 2.05) is 35.6 Å². The van der Waals surface area contributed by atoms with Gasteiger partial charge in [-0.05, 0) is 83.9 Å². The molecule has 0 unspecified atom stereocenters. The summed E-state index contributed by atoms with van der Waals surface area (Å²) in [5.74, 6) is 0.661. The average molecular weight is 746 g/mol. The van der Waals surface area contributed by atoms with E-state index in [0.29, 0.717) is 5.82 Å². The Morgan fingerprint density at radius 3 is 1.95 bits per heavy atom. The predicted octanol–water partition coefficient (Wildman–Crippen LogP) is 14.5. The van der Waals surface area contributed by atoms with Gasteiger partial charge in [0.2, 0.25) is 0 Å². The van der Waals surface area contributed by atoms with Crippen LogP contribution in [0.2, 0.25) is 0 Å². The summed E-state index contributed by atoms with van der Waals surface area (Å²) in [6.45, 7) is 0. The van der Waals surface area contributed by atoms with Crippen molar-refractivity contribution in [1.29, 1.82) is 0 Å². The molecule has 8 aromatic carbocycles. The van der Waals surface area contributed by atoms with Crippen molar-refractivity contribution < 1.29 is 4.42 Å². The highest BCUT2D eigenvalue weighted by atomic mass is 32.1.